The predicted molar refractivity (Wildman–Crippen MR) is 266 cm³/mol. The second-order valence-electron chi connectivity index (χ2n) is 18.7. The number of hydrogen-bond acceptors (Lipinski definition) is 0. The molecule has 0 saturated carbocycles. The van der Waals surface area contributed by atoms with E-state index >= 15 is 0 Å². The van der Waals surface area contributed by atoms with Gasteiger partial charge in [-0.1, -0.05) is 227 Å². The molecule has 0 nitrogen and oxygen atoms in total. The van der Waals surface area contributed by atoms with E-state index in [2.05, 4.69) is 222 Å². The van der Waals surface area contributed by atoms with Gasteiger partial charge in [0.1, 0.15) is 0 Å². The zero-order chi connectivity index (χ0) is 41.2. The van der Waals surface area contributed by atoms with Gasteiger partial charge in [-0.25, -0.2) is 0 Å². The minimum absolute atomic E-state index is 0.245. The van der Waals surface area contributed by atoms with E-state index in [1.165, 1.54) is 127 Å². The summed E-state index contributed by atoms with van der Waals surface area (Å²) in [5, 5.41) is 9.68. The van der Waals surface area contributed by atoms with E-state index in [1.54, 1.807) is 0 Å². The van der Waals surface area contributed by atoms with Crippen LogP contribution in [0.2, 0.25) is 18.1 Å². The van der Waals surface area contributed by atoms with Gasteiger partial charge in [0.15, 0.2) is 0 Å². The highest BCUT2D eigenvalue weighted by atomic mass is 28.3. The van der Waals surface area contributed by atoms with Crippen LogP contribution < -0.4 is 5.19 Å². The van der Waals surface area contributed by atoms with Crippen LogP contribution >= 0.6 is 0 Å². The lowest BCUT2D eigenvalue weighted by atomic mass is 9.76. The Morgan fingerprint density at radius 1 is 0.295 bits per heavy atom. The fourth-order valence-corrected chi connectivity index (χ4v) is 12.6. The molecule has 0 saturated heterocycles. The first-order valence-electron chi connectivity index (χ1n) is 21.8. The maximum Gasteiger partial charge on any atom is 0.0859 e. The molecule has 0 amide bonds. The molecule has 0 aliphatic heterocycles. The van der Waals surface area contributed by atoms with Crippen LogP contribution in [0, 0.1) is 0 Å². The highest BCUT2D eigenvalue weighted by Crippen LogP contribution is 2.64. The Kier molecular flexibility index (Phi) is 7.75. The van der Waals surface area contributed by atoms with Crippen LogP contribution in [-0.4, -0.2) is 8.07 Å². The maximum absolute atomic E-state index is 2.56. The summed E-state index contributed by atoms with van der Waals surface area (Å²) in [6.07, 6.45) is 0. The summed E-state index contributed by atoms with van der Waals surface area (Å²) in [4.78, 5) is 0. The number of fused-ring (bicyclic) bond motifs is 8. The Labute approximate surface area is 359 Å². The first kappa shape index (κ1) is 36.1. The first-order chi connectivity index (χ1) is 29.7. The zero-order valence-electron chi connectivity index (χ0n) is 35.4. The molecular formula is C60H46Si. The van der Waals surface area contributed by atoms with Gasteiger partial charge in [-0.2, -0.15) is 0 Å². The molecule has 12 rings (SSSR count). The smallest absolute Gasteiger partial charge is 0.0650 e. The second-order valence-corrected chi connectivity index (χ2v) is 24.0. The first-order valence-corrected chi connectivity index (χ1v) is 24.8. The Morgan fingerprint density at radius 3 is 1.07 bits per heavy atom. The van der Waals surface area contributed by atoms with E-state index in [-0.39, 0.29) is 5.04 Å². The van der Waals surface area contributed by atoms with Gasteiger partial charge in [0.2, 0.25) is 0 Å². The van der Waals surface area contributed by atoms with E-state index in [4.69, 9.17) is 0 Å². The topological polar surface area (TPSA) is 0 Å². The summed E-state index contributed by atoms with van der Waals surface area (Å²) < 4.78 is 0. The monoisotopic (exact) mass is 794 g/mol. The number of benzene rings is 10. The number of rotatable bonds is 5. The van der Waals surface area contributed by atoms with Gasteiger partial charge in [0.25, 0.3) is 0 Å². The molecule has 0 unspecified atom stereocenters. The van der Waals surface area contributed by atoms with Crippen molar-refractivity contribution in [3.63, 3.8) is 0 Å². The van der Waals surface area contributed by atoms with Crippen molar-refractivity contribution < 1.29 is 0 Å². The Morgan fingerprint density at radius 2 is 0.639 bits per heavy atom. The van der Waals surface area contributed by atoms with Crippen molar-refractivity contribution in [3.8, 4) is 89.0 Å². The molecular weight excluding hydrogens is 749 g/mol. The molecule has 2 aliphatic carbocycles. The molecule has 0 N–H and O–H groups in total. The average Bonchev–Trinajstić information content (AvgIpc) is 3.80. The van der Waals surface area contributed by atoms with Gasteiger partial charge >= 0.3 is 0 Å². The molecule has 2 aliphatic rings. The highest BCUT2D eigenvalue weighted by molar-refractivity contribution is 6.92. The van der Waals surface area contributed by atoms with Crippen LogP contribution in [0.5, 0.6) is 0 Å². The Bertz CT molecular complexity index is 3270. The lowest BCUT2D eigenvalue weighted by molar-refractivity contribution is 0.729. The molecule has 0 radical (unpaired) electrons. The molecule has 0 spiro atoms. The fraction of sp³-hybridized carbons (Fsp3) is 0.100. The van der Waals surface area contributed by atoms with Crippen LogP contribution in [0.25, 0.3) is 121 Å². The molecule has 0 atom stereocenters. The molecule has 61 heavy (non-hydrogen) atoms. The zero-order valence-corrected chi connectivity index (χ0v) is 36.4. The van der Waals surface area contributed by atoms with E-state index in [9.17, 15) is 0 Å². The Hall–Kier alpha value is -6.80. The van der Waals surface area contributed by atoms with E-state index < -0.39 is 8.07 Å². The minimum Gasteiger partial charge on any atom is -0.0650 e. The highest BCUT2D eigenvalue weighted by Gasteiger charge is 2.39. The van der Waals surface area contributed by atoms with Gasteiger partial charge in [0, 0.05) is 0 Å². The van der Waals surface area contributed by atoms with Gasteiger partial charge in [-0.05, 0) is 126 Å². The molecule has 290 valence electrons. The van der Waals surface area contributed by atoms with Crippen molar-refractivity contribution >= 4 is 45.6 Å². The van der Waals surface area contributed by atoms with Gasteiger partial charge in [-0.3, -0.25) is 0 Å². The lowest BCUT2D eigenvalue weighted by Gasteiger charge is -2.37. The van der Waals surface area contributed by atoms with E-state index in [0.717, 1.165) is 0 Å². The summed E-state index contributed by atoms with van der Waals surface area (Å²) in [6, 6.07) is 71.1. The molecule has 0 fully saturated rings. The molecule has 10 aromatic carbocycles. The third-order valence-electron chi connectivity index (χ3n) is 14.6. The normalized spacial score (nSPS) is 12.7. The second kappa shape index (κ2) is 13.1. The van der Waals surface area contributed by atoms with Gasteiger partial charge in [0.05, 0.1) is 8.07 Å². The van der Waals surface area contributed by atoms with Crippen LogP contribution in [0.1, 0.15) is 20.8 Å². The van der Waals surface area contributed by atoms with E-state index in [0.29, 0.717) is 0 Å². The standard InChI is InChI=1S/C60H46Si/c1-60(2,3)61(4,5)41-30-31-42-45-32-34-47-55-48(35-33-46(54(45)55)49(42)36-41)57-53(40-26-16-9-17-27-40)59-51(38-22-12-7-13-23-38)44-29-19-18-28-43(44)50(37-20-10-6-11-21-37)58(59)52(56(47)57)39-24-14-8-15-25-39/h6-36H,1-5H3. The van der Waals surface area contributed by atoms with Crippen molar-refractivity contribution in [2.24, 2.45) is 0 Å². The third-order valence-corrected chi connectivity index (χ3v) is 20.1. The Balaban J connectivity index is 1.32. The largest absolute Gasteiger partial charge is 0.0859 e. The molecule has 1 heteroatoms. The fourth-order valence-electron chi connectivity index (χ4n) is 10.8. The van der Waals surface area contributed by atoms with Crippen LogP contribution in [-0.2, 0) is 0 Å². The van der Waals surface area contributed by atoms with Crippen molar-refractivity contribution in [2.45, 2.75) is 38.9 Å². The molecule has 0 bridgehead atoms. The van der Waals surface area contributed by atoms with Gasteiger partial charge < -0.3 is 0 Å². The molecule has 0 aromatic heterocycles. The maximum atomic E-state index is 2.56. The third kappa shape index (κ3) is 5.05. The quantitative estimate of drug-likeness (QED) is 0.120. The van der Waals surface area contributed by atoms with Crippen molar-refractivity contribution in [2.75, 3.05) is 0 Å². The molecule has 10 aromatic rings. The SMILES string of the molecule is CC(C)(C)[Si](C)(C)c1ccc2c(c1)-c1ccc3c4c(ccc-2c14)-c1c-3c(-c2ccccc2)c2c(-c3ccccc3)c3ccccc3c(-c3ccccc3)c2c1-c1ccccc1. The van der Waals surface area contributed by atoms with Gasteiger partial charge in [-0.15, -0.1) is 0 Å². The van der Waals surface area contributed by atoms with Crippen LogP contribution in [0.15, 0.2) is 188 Å². The van der Waals surface area contributed by atoms with Crippen molar-refractivity contribution in [1.82, 2.24) is 0 Å². The minimum atomic E-state index is -1.78. The van der Waals surface area contributed by atoms with E-state index in [1.807, 2.05) is 0 Å². The summed E-state index contributed by atoms with van der Waals surface area (Å²) in [6.45, 7) is 12.4. The lowest BCUT2D eigenvalue weighted by Crippen LogP contribution is -2.49. The summed E-state index contributed by atoms with van der Waals surface area (Å²) in [7, 11) is -1.78. The summed E-state index contributed by atoms with van der Waals surface area (Å²) >= 11 is 0. The predicted octanol–water partition coefficient (Wildman–Crippen LogP) is 16.8. The van der Waals surface area contributed by atoms with Crippen LogP contribution in [0.4, 0.5) is 0 Å². The summed E-state index contributed by atoms with van der Waals surface area (Å²) in [5.41, 5.74) is 20.9. The van der Waals surface area contributed by atoms with Crippen molar-refractivity contribution in [1.29, 1.82) is 0 Å². The summed E-state index contributed by atoms with van der Waals surface area (Å²) in [5.74, 6) is 0. The van der Waals surface area contributed by atoms with Crippen molar-refractivity contribution in [3.05, 3.63) is 188 Å². The number of hydrogen-bond donors (Lipinski definition) is 0. The average molecular weight is 795 g/mol. The molecule has 0 heterocycles. The van der Waals surface area contributed by atoms with Crippen LogP contribution in [0.3, 0.4) is 0 Å².